The van der Waals surface area contributed by atoms with Gasteiger partial charge in [0.1, 0.15) is 41.3 Å². The molecule has 0 radical (unpaired) electrons. The molecule has 2 aromatic carbocycles. The van der Waals surface area contributed by atoms with E-state index in [0.29, 0.717) is 42.6 Å². The average molecular weight is 570 g/mol. The van der Waals surface area contributed by atoms with Gasteiger partial charge in [-0.15, -0.1) is 10.2 Å². The number of nitrogens with one attached hydrogen (secondary N) is 2. The van der Waals surface area contributed by atoms with E-state index in [1.165, 1.54) is 0 Å². The first kappa shape index (κ1) is 26.3. The molecule has 12 nitrogen and oxygen atoms in total. The van der Waals surface area contributed by atoms with Crippen LogP contribution in [0.25, 0.3) is 22.2 Å². The smallest absolute Gasteiger partial charge is 0.224 e. The Morgan fingerprint density at radius 1 is 1.00 bits per heavy atom. The minimum absolute atomic E-state index is 0.204. The highest BCUT2D eigenvalue weighted by molar-refractivity contribution is 7.72. The third-order valence-electron chi connectivity index (χ3n) is 6.51. The highest BCUT2D eigenvalue weighted by Gasteiger charge is 2.10. The summed E-state index contributed by atoms with van der Waals surface area (Å²) in [4.78, 5) is 13.3. The van der Waals surface area contributed by atoms with Gasteiger partial charge >= 0.3 is 0 Å². The van der Waals surface area contributed by atoms with Gasteiger partial charge in [-0.3, -0.25) is 4.40 Å². The summed E-state index contributed by atoms with van der Waals surface area (Å²) >= 11 is 0. The van der Waals surface area contributed by atoms with Crippen molar-refractivity contribution in [2.24, 2.45) is 0 Å². The molecule has 0 fully saturated rings. The molecule has 0 unspecified atom stereocenters. The molecule has 0 amide bonds. The molecule has 0 aliphatic carbocycles. The number of nitrogens with zero attached hydrogens (tertiary/aromatic N) is 7. The van der Waals surface area contributed by atoms with Crippen molar-refractivity contribution in [1.82, 2.24) is 39.4 Å². The largest absolute Gasteiger partial charge is 0.439 e. The Bertz CT molecular complexity index is 1910. The summed E-state index contributed by atoms with van der Waals surface area (Å²) in [6, 6.07) is 15.6. The van der Waals surface area contributed by atoms with Crippen molar-refractivity contribution in [3.8, 4) is 17.3 Å². The molecule has 0 atom stereocenters. The molecular weight excluding hydrogens is 542 g/mol. The monoisotopic (exact) mass is 569 g/mol. The van der Waals surface area contributed by atoms with Crippen molar-refractivity contribution in [2.75, 3.05) is 17.6 Å². The van der Waals surface area contributed by atoms with Crippen LogP contribution in [-0.2, 0) is 17.2 Å². The van der Waals surface area contributed by atoms with Crippen LogP contribution in [0, 0.1) is 6.92 Å². The van der Waals surface area contributed by atoms with E-state index in [0.717, 1.165) is 33.4 Å². The summed E-state index contributed by atoms with van der Waals surface area (Å²) in [5, 5.41) is 15.5. The number of ether oxygens (including phenoxy) is 1. The van der Waals surface area contributed by atoms with Crippen LogP contribution in [-0.4, -0.2) is 54.8 Å². The lowest BCUT2D eigenvalue weighted by molar-refractivity contribution is 0.458. The standard InChI is InChI=1S/C28H27N9O3S/c1-19-11-21(3-6-25(19)40-27-13-26-35-33-18-37(26)17-32-27)34-28-23-12-22(4-5-24(23)30-16-31-28)36-9-7-20(15-36)14-29-8-2-10-41(38)39/h3-7,9,11-13,15-18,29,41H,2,8,10,14H2,1H3,(H,30,31,34). The van der Waals surface area contributed by atoms with Crippen molar-refractivity contribution >= 4 is 38.8 Å². The van der Waals surface area contributed by atoms with E-state index in [2.05, 4.69) is 48.0 Å². The fourth-order valence-electron chi connectivity index (χ4n) is 4.43. The molecule has 13 heteroatoms. The molecule has 0 spiro atoms. The van der Waals surface area contributed by atoms with Gasteiger partial charge in [0.25, 0.3) is 0 Å². The number of anilines is 2. The Labute approximate surface area is 237 Å². The predicted molar refractivity (Wildman–Crippen MR) is 156 cm³/mol. The van der Waals surface area contributed by atoms with Gasteiger partial charge in [0.05, 0.1) is 5.52 Å². The summed E-state index contributed by atoms with van der Waals surface area (Å²) in [6.07, 6.45) is 9.40. The summed E-state index contributed by atoms with van der Waals surface area (Å²) in [5.74, 6) is 2.01. The van der Waals surface area contributed by atoms with Crippen LogP contribution in [0.1, 0.15) is 17.5 Å². The number of thiol groups is 1. The first-order valence-corrected chi connectivity index (χ1v) is 14.3. The van der Waals surface area contributed by atoms with Gasteiger partial charge < -0.3 is 19.9 Å². The first-order valence-electron chi connectivity index (χ1n) is 13.0. The minimum Gasteiger partial charge on any atom is -0.439 e. The summed E-state index contributed by atoms with van der Waals surface area (Å²) < 4.78 is 31.2. The summed E-state index contributed by atoms with van der Waals surface area (Å²) in [6.45, 7) is 3.28. The van der Waals surface area contributed by atoms with Crippen molar-refractivity contribution in [1.29, 1.82) is 0 Å². The van der Waals surface area contributed by atoms with Gasteiger partial charge in [-0.2, -0.15) is 0 Å². The molecule has 208 valence electrons. The molecular formula is C28H27N9O3S. The molecule has 2 N–H and O–H groups in total. The number of aromatic nitrogens is 7. The van der Waals surface area contributed by atoms with Gasteiger partial charge in [-0.25, -0.2) is 23.4 Å². The quantitative estimate of drug-likeness (QED) is 0.156. The third-order valence-corrected chi connectivity index (χ3v) is 7.19. The van der Waals surface area contributed by atoms with Crippen LogP contribution in [0.4, 0.5) is 11.5 Å². The van der Waals surface area contributed by atoms with E-state index in [1.54, 1.807) is 29.4 Å². The Morgan fingerprint density at radius 3 is 2.80 bits per heavy atom. The number of rotatable bonds is 11. The molecule has 0 aliphatic rings. The maximum Gasteiger partial charge on any atom is 0.224 e. The highest BCUT2D eigenvalue weighted by atomic mass is 32.2. The normalized spacial score (nSPS) is 11.5. The van der Waals surface area contributed by atoms with E-state index in [4.69, 9.17) is 4.74 Å². The summed E-state index contributed by atoms with van der Waals surface area (Å²) in [7, 11) is -2.32. The number of benzene rings is 2. The van der Waals surface area contributed by atoms with Gasteiger partial charge in [0, 0.05) is 47.5 Å². The van der Waals surface area contributed by atoms with Crippen LogP contribution in [0.15, 0.2) is 79.9 Å². The van der Waals surface area contributed by atoms with E-state index in [-0.39, 0.29) is 5.75 Å². The van der Waals surface area contributed by atoms with Gasteiger partial charge in [0.2, 0.25) is 5.88 Å². The SMILES string of the molecule is Cc1cc(Nc2ncnc3ccc(-n4ccc(CNCCC[SH](=O)=O)c4)cc23)ccc1Oc1cc2nncn2cn1. The van der Waals surface area contributed by atoms with Crippen molar-refractivity contribution in [2.45, 2.75) is 19.9 Å². The maximum absolute atomic E-state index is 10.7. The first-order chi connectivity index (χ1) is 20.0. The molecule has 6 aromatic rings. The van der Waals surface area contributed by atoms with Gasteiger partial charge in [0.15, 0.2) is 5.65 Å². The van der Waals surface area contributed by atoms with Crippen molar-refractivity contribution in [3.05, 3.63) is 91.0 Å². The highest BCUT2D eigenvalue weighted by Crippen LogP contribution is 2.30. The maximum atomic E-state index is 10.7. The van der Waals surface area contributed by atoms with E-state index >= 15 is 0 Å². The van der Waals surface area contributed by atoms with Crippen molar-refractivity contribution < 1.29 is 13.2 Å². The molecule has 0 saturated heterocycles. The van der Waals surface area contributed by atoms with E-state index < -0.39 is 10.7 Å². The molecule has 4 heterocycles. The molecule has 0 bridgehead atoms. The zero-order valence-corrected chi connectivity index (χ0v) is 23.0. The van der Waals surface area contributed by atoms with Gasteiger partial charge in [-0.05, 0) is 73.5 Å². The lowest BCUT2D eigenvalue weighted by Crippen LogP contribution is -2.15. The Morgan fingerprint density at radius 2 is 1.93 bits per heavy atom. The Kier molecular flexibility index (Phi) is 7.52. The van der Waals surface area contributed by atoms with Crippen LogP contribution in [0.5, 0.6) is 11.6 Å². The second-order valence-corrected chi connectivity index (χ2v) is 10.6. The number of aryl methyl sites for hydroxylation is 1. The average Bonchev–Trinajstić information content (AvgIpc) is 3.64. The number of hydrogen-bond acceptors (Lipinski definition) is 10. The zero-order chi connectivity index (χ0) is 28.2. The lowest BCUT2D eigenvalue weighted by Gasteiger charge is -2.13. The Balaban J connectivity index is 1.17. The van der Waals surface area contributed by atoms with Gasteiger partial charge in [-0.1, -0.05) is 0 Å². The predicted octanol–water partition coefficient (Wildman–Crippen LogP) is 3.79. The number of fused-ring (bicyclic) bond motifs is 2. The van der Waals surface area contributed by atoms with Crippen LogP contribution in [0.3, 0.4) is 0 Å². The van der Waals surface area contributed by atoms with E-state index in [1.807, 2.05) is 54.1 Å². The molecule has 4 aromatic heterocycles. The molecule has 0 aliphatic heterocycles. The second kappa shape index (κ2) is 11.7. The molecule has 41 heavy (non-hydrogen) atoms. The number of hydrogen-bond donors (Lipinski definition) is 3. The van der Waals surface area contributed by atoms with E-state index in [9.17, 15) is 8.42 Å². The second-order valence-electron chi connectivity index (χ2n) is 9.47. The third kappa shape index (κ3) is 6.15. The minimum atomic E-state index is -2.32. The Hall–Kier alpha value is -4.88. The summed E-state index contributed by atoms with van der Waals surface area (Å²) in [5.41, 5.74) is 5.34. The topological polar surface area (TPSA) is 141 Å². The molecule has 6 rings (SSSR count). The lowest BCUT2D eigenvalue weighted by atomic mass is 10.1. The van der Waals surface area contributed by atoms with Crippen LogP contribution >= 0.6 is 0 Å². The zero-order valence-electron chi connectivity index (χ0n) is 22.1. The van der Waals surface area contributed by atoms with Crippen LogP contribution in [0.2, 0.25) is 0 Å². The fraction of sp³-hybridized carbons (Fsp3) is 0.179. The van der Waals surface area contributed by atoms with Crippen LogP contribution < -0.4 is 15.4 Å². The molecule has 0 saturated carbocycles. The van der Waals surface area contributed by atoms with Crippen molar-refractivity contribution in [3.63, 3.8) is 0 Å². The fourth-order valence-corrected chi connectivity index (χ4v) is 4.85.